The minimum Gasteiger partial charge on any atom is -0.492 e. The molecule has 0 heterocycles. The van der Waals surface area contributed by atoms with Crippen LogP contribution in [-0.4, -0.2) is 34.2 Å². The van der Waals surface area contributed by atoms with Crippen LogP contribution in [0.4, 0.5) is 11.4 Å². The summed E-state index contributed by atoms with van der Waals surface area (Å²) in [6.07, 6.45) is 1.11. The van der Waals surface area contributed by atoms with Crippen LogP contribution in [0.5, 0.6) is 5.75 Å². The molecule has 1 amide bonds. The second-order valence-electron chi connectivity index (χ2n) is 5.31. The molecule has 0 bridgehead atoms. The van der Waals surface area contributed by atoms with Crippen molar-refractivity contribution in [2.45, 2.75) is 6.92 Å². The van der Waals surface area contributed by atoms with Crippen molar-refractivity contribution in [1.82, 2.24) is 0 Å². The normalized spacial score (nSPS) is 11.0. The van der Waals surface area contributed by atoms with Crippen LogP contribution in [0.1, 0.15) is 17.3 Å². The number of halogens is 1. The number of sulfonamides is 1. The van der Waals surface area contributed by atoms with Crippen molar-refractivity contribution in [3.05, 3.63) is 53.1 Å². The Kier molecular flexibility index (Phi) is 5.92. The highest BCUT2D eigenvalue weighted by atomic mass is 35.5. The first kappa shape index (κ1) is 19.1. The van der Waals surface area contributed by atoms with E-state index in [-0.39, 0.29) is 5.91 Å². The molecule has 0 spiro atoms. The lowest BCUT2D eigenvalue weighted by Crippen LogP contribution is -2.24. The number of ether oxygens (including phenoxy) is 1. The van der Waals surface area contributed by atoms with E-state index in [0.717, 1.165) is 10.6 Å². The topological polar surface area (TPSA) is 75.7 Å². The van der Waals surface area contributed by atoms with Crippen molar-refractivity contribution < 1.29 is 17.9 Å². The summed E-state index contributed by atoms with van der Waals surface area (Å²) in [4.78, 5) is 12.4. The van der Waals surface area contributed by atoms with Crippen LogP contribution >= 0.6 is 11.6 Å². The third kappa shape index (κ3) is 4.87. The van der Waals surface area contributed by atoms with Gasteiger partial charge in [0.05, 0.1) is 23.6 Å². The van der Waals surface area contributed by atoms with Crippen LogP contribution < -0.4 is 14.4 Å². The van der Waals surface area contributed by atoms with Gasteiger partial charge in [0.15, 0.2) is 0 Å². The highest BCUT2D eigenvalue weighted by Crippen LogP contribution is 2.26. The smallest absolute Gasteiger partial charge is 0.255 e. The van der Waals surface area contributed by atoms with Crippen LogP contribution in [0.3, 0.4) is 0 Å². The Morgan fingerprint density at radius 1 is 1.24 bits per heavy atom. The lowest BCUT2D eigenvalue weighted by molar-refractivity contribution is 0.102. The molecular formula is C17H19ClN2O4S. The number of hydrogen-bond donors (Lipinski definition) is 1. The van der Waals surface area contributed by atoms with E-state index in [9.17, 15) is 13.2 Å². The van der Waals surface area contributed by atoms with Crippen LogP contribution in [0.2, 0.25) is 5.02 Å². The van der Waals surface area contributed by atoms with Gasteiger partial charge in [0.25, 0.3) is 5.91 Å². The standard InChI is InChI=1S/C17H19ClN2O4S/c1-4-24-16-9-8-12(10-15(16)18)17(21)19-13-6-5-7-14(11-13)20(2)25(3,22)23/h5-11H,4H2,1-3H3,(H,19,21). The zero-order valence-corrected chi connectivity index (χ0v) is 15.7. The number of anilines is 2. The monoisotopic (exact) mass is 382 g/mol. The first-order chi connectivity index (χ1) is 11.7. The first-order valence-corrected chi connectivity index (χ1v) is 9.72. The number of hydrogen-bond acceptors (Lipinski definition) is 4. The highest BCUT2D eigenvalue weighted by molar-refractivity contribution is 7.92. The average Bonchev–Trinajstić information content (AvgIpc) is 2.55. The first-order valence-electron chi connectivity index (χ1n) is 7.50. The molecule has 6 nitrogen and oxygen atoms in total. The highest BCUT2D eigenvalue weighted by Gasteiger charge is 2.14. The van der Waals surface area contributed by atoms with Gasteiger partial charge in [-0.3, -0.25) is 9.10 Å². The predicted octanol–water partition coefficient (Wildman–Crippen LogP) is 3.39. The zero-order chi connectivity index (χ0) is 18.6. The lowest BCUT2D eigenvalue weighted by atomic mass is 10.2. The molecule has 0 saturated heterocycles. The summed E-state index contributed by atoms with van der Waals surface area (Å²) >= 11 is 6.09. The lowest BCUT2D eigenvalue weighted by Gasteiger charge is -2.17. The summed E-state index contributed by atoms with van der Waals surface area (Å²) in [6.45, 7) is 2.32. The van der Waals surface area contributed by atoms with Crippen molar-refractivity contribution in [2.75, 3.05) is 29.5 Å². The van der Waals surface area contributed by atoms with Crippen LogP contribution in [0.15, 0.2) is 42.5 Å². The van der Waals surface area contributed by atoms with Gasteiger partial charge in [0.1, 0.15) is 5.75 Å². The Hall–Kier alpha value is -2.25. The van der Waals surface area contributed by atoms with Crippen molar-refractivity contribution in [1.29, 1.82) is 0 Å². The summed E-state index contributed by atoms with van der Waals surface area (Å²) in [7, 11) is -1.93. The van der Waals surface area contributed by atoms with E-state index in [0.29, 0.717) is 34.3 Å². The number of benzene rings is 2. The third-order valence-electron chi connectivity index (χ3n) is 3.46. The molecule has 8 heteroatoms. The number of carbonyl (C=O) groups is 1. The second kappa shape index (κ2) is 7.76. The van der Waals surface area contributed by atoms with Crippen LogP contribution in [0, 0.1) is 0 Å². The number of rotatable bonds is 6. The molecule has 0 fully saturated rings. The molecule has 0 aromatic heterocycles. The van der Waals surface area contributed by atoms with Gasteiger partial charge in [-0.15, -0.1) is 0 Å². The Balaban J connectivity index is 2.20. The Morgan fingerprint density at radius 3 is 2.56 bits per heavy atom. The van der Waals surface area contributed by atoms with Crippen molar-refractivity contribution in [2.24, 2.45) is 0 Å². The molecule has 0 radical (unpaired) electrons. The van der Waals surface area contributed by atoms with E-state index in [1.54, 1.807) is 36.4 Å². The quantitative estimate of drug-likeness (QED) is 0.830. The largest absolute Gasteiger partial charge is 0.492 e. The second-order valence-corrected chi connectivity index (χ2v) is 7.73. The van der Waals surface area contributed by atoms with Gasteiger partial charge in [0.2, 0.25) is 10.0 Å². The third-order valence-corrected chi connectivity index (χ3v) is 4.96. The molecule has 2 aromatic carbocycles. The van der Waals surface area contributed by atoms with Crippen molar-refractivity contribution >= 4 is 38.9 Å². The molecule has 134 valence electrons. The van der Waals surface area contributed by atoms with Gasteiger partial charge in [-0.05, 0) is 43.3 Å². The predicted molar refractivity (Wildman–Crippen MR) is 100 cm³/mol. The molecule has 0 aliphatic heterocycles. The Morgan fingerprint density at radius 2 is 1.96 bits per heavy atom. The van der Waals surface area contributed by atoms with Gasteiger partial charge in [-0.1, -0.05) is 17.7 Å². The van der Waals surface area contributed by atoms with Crippen molar-refractivity contribution in [3.63, 3.8) is 0 Å². The molecular weight excluding hydrogens is 364 g/mol. The summed E-state index contributed by atoms with van der Waals surface area (Å²) in [6, 6.07) is 11.3. The SMILES string of the molecule is CCOc1ccc(C(=O)Nc2cccc(N(C)S(C)(=O)=O)c2)cc1Cl. The van der Waals surface area contributed by atoms with Crippen molar-refractivity contribution in [3.8, 4) is 5.75 Å². The maximum Gasteiger partial charge on any atom is 0.255 e. The molecule has 0 aliphatic rings. The maximum absolute atomic E-state index is 12.4. The summed E-state index contributed by atoms with van der Waals surface area (Å²) in [5.74, 6) is 0.154. The van der Waals surface area contributed by atoms with Gasteiger partial charge in [-0.2, -0.15) is 0 Å². The van der Waals surface area contributed by atoms with Gasteiger partial charge < -0.3 is 10.1 Å². The van der Waals surface area contributed by atoms with Crippen LogP contribution in [0.25, 0.3) is 0 Å². The number of nitrogens with zero attached hydrogens (tertiary/aromatic N) is 1. The van der Waals surface area contributed by atoms with E-state index in [1.807, 2.05) is 6.92 Å². The fraction of sp³-hybridized carbons (Fsp3) is 0.235. The van der Waals surface area contributed by atoms with E-state index in [1.165, 1.54) is 13.1 Å². The van der Waals surface area contributed by atoms with E-state index in [2.05, 4.69) is 5.32 Å². The molecule has 0 atom stereocenters. The van der Waals surface area contributed by atoms with E-state index >= 15 is 0 Å². The molecule has 2 rings (SSSR count). The molecule has 0 unspecified atom stereocenters. The maximum atomic E-state index is 12.4. The molecule has 1 N–H and O–H groups in total. The summed E-state index contributed by atoms with van der Waals surface area (Å²) in [5.41, 5.74) is 1.29. The number of carbonyl (C=O) groups excluding carboxylic acids is 1. The average molecular weight is 383 g/mol. The van der Waals surface area contributed by atoms with Crippen LogP contribution in [-0.2, 0) is 10.0 Å². The van der Waals surface area contributed by atoms with Gasteiger partial charge in [-0.25, -0.2) is 8.42 Å². The zero-order valence-electron chi connectivity index (χ0n) is 14.1. The number of nitrogens with one attached hydrogen (secondary N) is 1. The molecule has 2 aromatic rings. The fourth-order valence-electron chi connectivity index (χ4n) is 2.09. The van der Waals surface area contributed by atoms with E-state index < -0.39 is 10.0 Å². The molecule has 0 aliphatic carbocycles. The minimum atomic E-state index is -3.38. The molecule has 0 saturated carbocycles. The Bertz CT molecular complexity index is 884. The minimum absolute atomic E-state index is 0.347. The fourth-order valence-corrected chi connectivity index (χ4v) is 2.82. The summed E-state index contributed by atoms with van der Waals surface area (Å²) in [5, 5.41) is 3.07. The van der Waals surface area contributed by atoms with Gasteiger partial charge in [0, 0.05) is 18.3 Å². The summed E-state index contributed by atoms with van der Waals surface area (Å²) < 4.78 is 29.7. The molecule has 25 heavy (non-hydrogen) atoms. The van der Waals surface area contributed by atoms with Gasteiger partial charge >= 0.3 is 0 Å². The van der Waals surface area contributed by atoms with E-state index in [4.69, 9.17) is 16.3 Å². The Labute approximate surface area is 152 Å². The number of amides is 1.